The number of nitrogens with zero attached hydrogens (tertiary/aromatic N) is 7. The van der Waals surface area contributed by atoms with Gasteiger partial charge in [-0.3, -0.25) is 9.59 Å². The van der Waals surface area contributed by atoms with Crippen molar-refractivity contribution >= 4 is 34.7 Å². The second-order valence-corrected chi connectivity index (χ2v) is 11.3. The Morgan fingerprint density at radius 2 is 1.93 bits per heavy atom. The number of alkyl halides is 3. The third kappa shape index (κ3) is 5.00. The Morgan fingerprint density at radius 3 is 2.66 bits per heavy atom. The van der Waals surface area contributed by atoms with Gasteiger partial charge in [0.2, 0.25) is 11.8 Å². The van der Waals surface area contributed by atoms with Crippen molar-refractivity contribution in [3.05, 3.63) is 70.9 Å². The highest BCUT2D eigenvalue weighted by atomic mass is 35.5. The van der Waals surface area contributed by atoms with Gasteiger partial charge in [0.15, 0.2) is 5.82 Å². The van der Waals surface area contributed by atoms with Crippen molar-refractivity contribution in [1.29, 1.82) is 0 Å². The van der Waals surface area contributed by atoms with Crippen LogP contribution in [-0.2, 0) is 15.8 Å². The number of rotatable bonds is 6. The minimum Gasteiger partial charge on any atom is -0.340 e. The number of amides is 2. The fourth-order valence-corrected chi connectivity index (χ4v) is 6.02. The molecule has 0 spiro atoms. The number of H-pyrrole nitrogens is 1. The van der Waals surface area contributed by atoms with Gasteiger partial charge in [-0.1, -0.05) is 11.6 Å². The van der Waals surface area contributed by atoms with Gasteiger partial charge in [-0.2, -0.15) is 17.9 Å². The molecule has 1 aliphatic carbocycles. The Bertz CT molecular complexity index is 1820. The molecule has 3 aromatic heterocycles. The van der Waals surface area contributed by atoms with Crippen LogP contribution in [0, 0.1) is 11.7 Å². The number of anilines is 1. The molecular formula is C28H22ClF4N9O2. The zero-order valence-corrected chi connectivity index (χ0v) is 23.4. The van der Waals surface area contributed by atoms with E-state index in [4.69, 9.17) is 11.6 Å². The van der Waals surface area contributed by atoms with Gasteiger partial charge in [-0.15, -0.1) is 5.10 Å². The van der Waals surface area contributed by atoms with E-state index in [1.807, 2.05) is 0 Å². The monoisotopic (exact) mass is 627 g/mol. The molecule has 2 fully saturated rings. The first kappa shape index (κ1) is 28.1. The zero-order valence-electron chi connectivity index (χ0n) is 22.6. The number of pyridine rings is 1. The molecule has 44 heavy (non-hydrogen) atoms. The fraction of sp³-hybridized carbons (Fsp3) is 0.321. The summed E-state index contributed by atoms with van der Waals surface area (Å²) in [5.74, 6) is -1.16. The van der Waals surface area contributed by atoms with Crippen LogP contribution in [0.3, 0.4) is 0 Å². The van der Waals surface area contributed by atoms with Gasteiger partial charge in [-0.25, -0.2) is 14.4 Å². The first-order chi connectivity index (χ1) is 21.1. The van der Waals surface area contributed by atoms with Crippen molar-refractivity contribution in [2.45, 2.75) is 50.4 Å². The summed E-state index contributed by atoms with van der Waals surface area (Å²) >= 11 is 6.10. The molecule has 1 saturated heterocycles. The maximum absolute atomic E-state index is 15.4. The van der Waals surface area contributed by atoms with Crippen LogP contribution in [0.1, 0.15) is 55.2 Å². The molecule has 1 saturated carbocycles. The quantitative estimate of drug-likeness (QED) is 0.283. The molecule has 11 nitrogen and oxygen atoms in total. The number of imidazole rings is 1. The maximum atomic E-state index is 15.4. The van der Waals surface area contributed by atoms with E-state index in [1.54, 1.807) is 11.0 Å². The Balaban J connectivity index is 1.20. The second-order valence-electron chi connectivity index (χ2n) is 10.9. The molecule has 3 aliphatic rings. The normalized spacial score (nSPS) is 20.1. The summed E-state index contributed by atoms with van der Waals surface area (Å²) in [5.41, 5.74) is 0.207. The summed E-state index contributed by atoms with van der Waals surface area (Å²) in [4.78, 5) is 38.6. The predicted molar refractivity (Wildman–Crippen MR) is 147 cm³/mol. The summed E-state index contributed by atoms with van der Waals surface area (Å²) in [5, 5.41) is 13.6. The lowest BCUT2D eigenvalue weighted by molar-refractivity contribution is -0.141. The van der Waals surface area contributed by atoms with Gasteiger partial charge < -0.3 is 15.2 Å². The Kier molecular flexibility index (Phi) is 6.72. The minimum absolute atomic E-state index is 0.0772. The molecule has 7 rings (SSSR count). The number of hydrogen-bond acceptors (Lipinski definition) is 7. The SMILES string of the molecule is O=C(Nc1cnc(C(F)(F)F)cc1-c1cnc([C@@H]2CC[C@@H]3CC(c4c(-n5cnnn5)ccc(Cl)c4F)=CC(=O)N32)[nH]1)C1CC1. The van der Waals surface area contributed by atoms with Crippen molar-refractivity contribution < 1.29 is 27.2 Å². The summed E-state index contributed by atoms with van der Waals surface area (Å²) in [6, 6.07) is 3.02. The molecule has 5 heterocycles. The van der Waals surface area contributed by atoms with E-state index in [-0.39, 0.29) is 51.3 Å². The molecule has 0 bridgehead atoms. The molecule has 2 atom stereocenters. The number of nitrogens with one attached hydrogen (secondary N) is 2. The number of aromatic nitrogens is 7. The lowest BCUT2D eigenvalue weighted by Crippen LogP contribution is -2.39. The van der Waals surface area contributed by atoms with Gasteiger partial charge in [0.25, 0.3) is 0 Å². The predicted octanol–water partition coefficient (Wildman–Crippen LogP) is 5.13. The van der Waals surface area contributed by atoms with E-state index < -0.39 is 23.7 Å². The number of carbonyl (C=O) groups excluding carboxylic acids is 2. The van der Waals surface area contributed by atoms with E-state index in [2.05, 4.69) is 35.8 Å². The number of aromatic amines is 1. The van der Waals surface area contributed by atoms with E-state index in [1.165, 1.54) is 29.3 Å². The van der Waals surface area contributed by atoms with Gasteiger partial charge in [-0.05, 0) is 66.3 Å². The van der Waals surface area contributed by atoms with Crippen molar-refractivity contribution in [2.24, 2.45) is 5.92 Å². The van der Waals surface area contributed by atoms with E-state index in [0.29, 0.717) is 36.3 Å². The first-order valence-corrected chi connectivity index (χ1v) is 14.1. The highest BCUT2D eigenvalue weighted by Crippen LogP contribution is 2.44. The standard InChI is InChI=1S/C28H22ClF4N9O2/c29-17-4-6-20(41-12-36-39-40-41)24(25(17)30)14-7-15-3-5-21(42(15)23(43)8-14)26-35-11-18(37-26)16-9-22(28(31,32)33)34-10-19(16)38-27(44)13-1-2-13/h4,6,8-13,15,21H,1-3,5,7H2,(H,35,37)(H,38,44)/t15-,21+/m1/s1. The molecule has 2 N–H and O–H groups in total. The van der Waals surface area contributed by atoms with Crippen molar-refractivity contribution in [2.75, 3.05) is 5.32 Å². The van der Waals surface area contributed by atoms with Gasteiger partial charge in [0, 0.05) is 29.2 Å². The van der Waals surface area contributed by atoms with Crippen molar-refractivity contribution in [1.82, 2.24) is 40.1 Å². The van der Waals surface area contributed by atoms with Gasteiger partial charge in [0.1, 0.15) is 17.8 Å². The maximum Gasteiger partial charge on any atom is 0.433 e. The van der Waals surface area contributed by atoms with E-state index in [9.17, 15) is 22.8 Å². The number of benzene rings is 1. The number of carbonyl (C=O) groups is 2. The Hall–Kier alpha value is -4.66. The van der Waals surface area contributed by atoms with Crippen LogP contribution in [0.4, 0.5) is 23.2 Å². The lowest BCUT2D eigenvalue weighted by atomic mass is 9.92. The summed E-state index contributed by atoms with van der Waals surface area (Å²) in [7, 11) is 0. The zero-order chi connectivity index (χ0) is 30.7. The Labute approximate surface area is 251 Å². The number of hydrogen-bond donors (Lipinski definition) is 2. The molecule has 0 unspecified atom stereocenters. The summed E-state index contributed by atoms with van der Waals surface area (Å²) < 4.78 is 57.3. The topological polar surface area (TPSA) is 135 Å². The highest BCUT2D eigenvalue weighted by Gasteiger charge is 2.42. The molecule has 0 radical (unpaired) electrons. The second kappa shape index (κ2) is 10.5. The molecule has 1 aromatic carbocycles. The van der Waals surface area contributed by atoms with E-state index in [0.717, 1.165) is 25.1 Å². The summed E-state index contributed by atoms with van der Waals surface area (Å²) in [6.45, 7) is 0. The van der Waals surface area contributed by atoms with Crippen LogP contribution in [-0.4, -0.2) is 57.9 Å². The lowest BCUT2D eigenvalue weighted by Gasteiger charge is -2.33. The molecule has 16 heteroatoms. The van der Waals surface area contributed by atoms with Crippen LogP contribution < -0.4 is 5.32 Å². The van der Waals surface area contributed by atoms with E-state index >= 15 is 4.39 Å². The number of tetrazole rings is 1. The largest absolute Gasteiger partial charge is 0.433 e. The highest BCUT2D eigenvalue weighted by molar-refractivity contribution is 6.31. The van der Waals surface area contributed by atoms with Crippen LogP contribution in [0.2, 0.25) is 5.02 Å². The third-order valence-corrected chi connectivity index (χ3v) is 8.39. The van der Waals surface area contributed by atoms with Gasteiger partial charge >= 0.3 is 6.18 Å². The molecule has 2 aliphatic heterocycles. The fourth-order valence-electron chi connectivity index (χ4n) is 5.86. The number of fused-ring (bicyclic) bond motifs is 1. The van der Waals surface area contributed by atoms with Crippen molar-refractivity contribution in [3.8, 4) is 16.9 Å². The average Bonchev–Trinajstić information content (AvgIpc) is 3.34. The number of halogens is 5. The van der Waals surface area contributed by atoms with Crippen LogP contribution in [0.5, 0.6) is 0 Å². The van der Waals surface area contributed by atoms with Crippen molar-refractivity contribution in [3.63, 3.8) is 0 Å². The van der Waals surface area contributed by atoms with Gasteiger partial charge in [0.05, 0.1) is 40.5 Å². The van der Waals surface area contributed by atoms with Crippen LogP contribution in [0.25, 0.3) is 22.5 Å². The minimum atomic E-state index is -4.70. The Morgan fingerprint density at radius 1 is 1.11 bits per heavy atom. The molecule has 2 amide bonds. The average molecular weight is 628 g/mol. The van der Waals surface area contributed by atoms with Crippen LogP contribution in [0.15, 0.2) is 43.0 Å². The molecule has 4 aromatic rings. The molecular weight excluding hydrogens is 606 g/mol. The smallest absolute Gasteiger partial charge is 0.340 e. The summed E-state index contributed by atoms with van der Waals surface area (Å²) in [6.07, 6.45) is 3.16. The third-order valence-electron chi connectivity index (χ3n) is 8.10. The molecule has 226 valence electrons. The first-order valence-electron chi connectivity index (χ1n) is 13.8. The van der Waals surface area contributed by atoms with Crippen LogP contribution >= 0.6 is 11.6 Å².